The second kappa shape index (κ2) is 5.99. The van der Waals surface area contributed by atoms with Crippen molar-refractivity contribution in [2.45, 2.75) is 38.6 Å². The van der Waals surface area contributed by atoms with Gasteiger partial charge < -0.3 is 14.8 Å². The van der Waals surface area contributed by atoms with E-state index in [9.17, 15) is 4.79 Å². The molecule has 2 aromatic rings. The highest BCUT2D eigenvalue weighted by atomic mass is 16.2. The number of aromatic amines is 1. The number of nitrogens with zero attached hydrogens (tertiary/aromatic N) is 3. The van der Waals surface area contributed by atoms with Crippen LogP contribution in [0.3, 0.4) is 0 Å². The number of urea groups is 1. The maximum Gasteiger partial charge on any atom is 0.319 e. The number of amides is 2. The van der Waals surface area contributed by atoms with E-state index in [1.807, 2.05) is 48.9 Å². The van der Waals surface area contributed by atoms with Gasteiger partial charge in [0.2, 0.25) is 0 Å². The molecule has 118 valence electrons. The Morgan fingerprint density at radius 3 is 2.64 bits per heavy atom. The molecule has 1 N–H and O–H groups in total. The lowest BCUT2D eigenvalue weighted by molar-refractivity contribution is 0.139. The summed E-state index contributed by atoms with van der Waals surface area (Å²) in [6.07, 6.45) is 1.94. The summed E-state index contributed by atoms with van der Waals surface area (Å²) in [5, 5.41) is 0. The van der Waals surface area contributed by atoms with Gasteiger partial charge in [0, 0.05) is 32.1 Å². The maximum absolute atomic E-state index is 12.4. The minimum absolute atomic E-state index is 0.137. The lowest BCUT2D eigenvalue weighted by Crippen LogP contribution is -2.47. The fraction of sp³-hybridized carbons (Fsp3) is 0.529. The van der Waals surface area contributed by atoms with Crippen molar-refractivity contribution in [1.82, 2.24) is 19.8 Å². The number of fused-ring (bicyclic) bond motifs is 1. The van der Waals surface area contributed by atoms with E-state index in [4.69, 9.17) is 4.98 Å². The van der Waals surface area contributed by atoms with Gasteiger partial charge in [0.05, 0.1) is 11.0 Å². The van der Waals surface area contributed by atoms with Crippen LogP contribution in [-0.4, -0.2) is 52.0 Å². The zero-order chi connectivity index (χ0) is 15.7. The number of hydrogen-bond donors (Lipinski definition) is 1. The van der Waals surface area contributed by atoms with Crippen LogP contribution in [0.25, 0.3) is 11.0 Å². The van der Waals surface area contributed by atoms with Crippen LogP contribution in [0.5, 0.6) is 0 Å². The molecular formula is C17H24N4O. The van der Waals surface area contributed by atoms with Crippen molar-refractivity contribution in [2.75, 3.05) is 20.1 Å². The third-order valence-electron chi connectivity index (χ3n) is 4.64. The summed E-state index contributed by atoms with van der Waals surface area (Å²) >= 11 is 0. The minimum atomic E-state index is 0.137. The van der Waals surface area contributed by atoms with E-state index in [0.717, 1.165) is 42.8 Å². The Kier molecular flexibility index (Phi) is 4.05. The average Bonchev–Trinajstić information content (AvgIpc) is 2.97. The summed E-state index contributed by atoms with van der Waals surface area (Å²) in [6, 6.07) is 8.50. The molecule has 0 bridgehead atoms. The van der Waals surface area contributed by atoms with Crippen molar-refractivity contribution >= 4 is 17.1 Å². The van der Waals surface area contributed by atoms with E-state index < -0.39 is 0 Å². The molecule has 22 heavy (non-hydrogen) atoms. The van der Waals surface area contributed by atoms with E-state index >= 15 is 0 Å². The molecule has 1 aromatic heterocycles. The van der Waals surface area contributed by atoms with Gasteiger partial charge in [-0.05, 0) is 38.8 Å². The van der Waals surface area contributed by atoms with Gasteiger partial charge in [-0.3, -0.25) is 0 Å². The Morgan fingerprint density at radius 2 is 2.00 bits per heavy atom. The van der Waals surface area contributed by atoms with Crippen molar-refractivity contribution in [1.29, 1.82) is 0 Å². The number of hydrogen-bond acceptors (Lipinski definition) is 2. The fourth-order valence-electron chi connectivity index (χ4n) is 2.95. The number of carbonyl (C=O) groups is 1. The number of H-pyrrole nitrogens is 1. The third-order valence-corrected chi connectivity index (χ3v) is 4.64. The van der Waals surface area contributed by atoms with Crippen LogP contribution in [0.4, 0.5) is 4.79 Å². The highest BCUT2D eigenvalue weighted by molar-refractivity contribution is 5.75. The van der Waals surface area contributed by atoms with Crippen LogP contribution >= 0.6 is 0 Å². The Labute approximate surface area is 131 Å². The van der Waals surface area contributed by atoms with Gasteiger partial charge in [-0.2, -0.15) is 0 Å². The summed E-state index contributed by atoms with van der Waals surface area (Å²) in [5.41, 5.74) is 2.12. The normalized spacial score (nSPS) is 16.5. The Morgan fingerprint density at radius 1 is 1.32 bits per heavy atom. The summed E-state index contributed by atoms with van der Waals surface area (Å²) in [6.45, 7) is 5.69. The number of carbonyl (C=O) groups excluding carboxylic acids is 1. The lowest BCUT2D eigenvalue weighted by atomic mass is 9.96. The molecule has 5 heteroatoms. The number of nitrogens with one attached hydrogen (secondary N) is 1. The van der Waals surface area contributed by atoms with Crippen LogP contribution in [-0.2, 0) is 0 Å². The van der Waals surface area contributed by atoms with Crippen molar-refractivity contribution < 1.29 is 4.79 Å². The minimum Gasteiger partial charge on any atom is -0.342 e. The summed E-state index contributed by atoms with van der Waals surface area (Å²) < 4.78 is 0. The zero-order valence-electron chi connectivity index (χ0n) is 13.5. The molecule has 0 atom stereocenters. The zero-order valence-corrected chi connectivity index (χ0v) is 13.5. The van der Waals surface area contributed by atoms with E-state index in [1.54, 1.807) is 0 Å². The molecule has 1 aliphatic heterocycles. The summed E-state index contributed by atoms with van der Waals surface area (Å²) in [7, 11) is 1.87. The van der Waals surface area contributed by atoms with Gasteiger partial charge in [0.25, 0.3) is 0 Å². The van der Waals surface area contributed by atoms with Gasteiger partial charge in [-0.15, -0.1) is 0 Å². The van der Waals surface area contributed by atoms with Crippen molar-refractivity contribution in [3.63, 3.8) is 0 Å². The van der Waals surface area contributed by atoms with Gasteiger partial charge in [0.15, 0.2) is 0 Å². The van der Waals surface area contributed by atoms with Gasteiger partial charge >= 0.3 is 6.03 Å². The highest BCUT2D eigenvalue weighted by Gasteiger charge is 2.27. The largest absolute Gasteiger partial charge is 0.342 e. The van der Waals surface area contributed by atoms with Gasteiger partial charge in [-0.1, -0.05) is 12.1 Å². The number of piperidine rings is 1. The third kappa shape index (κ3) is 2.80. The molecule has 1 aliphatic rings. The first-order chi connectivity index (χ1) is 10.6. The summed E-state index contributed by atoms with van der Waals surface area (Å²) in [4.78, 5) is 24.2. The van der Waals surface area contributed by atoms with Crippen molar-refractivity contribution in [3.05, 3.63) is 30.1 Å². The molecule has 3 rings (SSSR count). The molecule has 1 saturated heterocycles. The predicted octanol–water partition coefficient (Wildman–Crippen LogP) is 3.20. The molecule has 0 spiro atoms. The van der Waals surface area contributed by atoms with Crippen LogP contribution in [0.15, 0.2) is 24.3 Å². The first kappa shape index (κ1) is 14.9. The maximum atomic E-state index is 12.4. The van der Waals surface area contributed by atoms with Crippen molar-refractivity contribution in [3.8, 4) is 0 Å². The number of benzene rings is 1. The molecular weight excluding hydrogens is 276 g/mol. The topological polar surface area (TPSA) is 52.2 Å². The van der Waals surface area contributed by atoms with Gasteiger partial charge in [-0.25, -0.2) is 9.78 Å². The second-order valence-electron chi connectivity index (χ2n) is 6.39. The molecule has 0 unspecified atom stereocenters. The quantitative estimate of drug-likeness (QED) is 0.926. The van der Waals surface area contributed by atoms with E-state index in [1.165, 1.54) is 0 Å². The van der Waals surface area contributed by atoms with E-state index in [2.05, 4.69) is 11.1 Å². The Balaban J connectivity index is 1.65. The molecule has 1 fully saturated rings. The number of para-hydroxylation sites is 2. The van der Waals surface area contributed by atoms with Gasteiger partial charge in [0.1, 0.15) is 5.82 Å². The lowest BCUT2D eigenvalue weighted by Gasteiger charge is -2.35. The number of aromatic nitrogens is 2. The molecule has 0 radical (unpaired) electrons. The number of imidazole rings is 1. The molecule has 0 saturated carbocycles. The molecule has 2 heterocycles. The standard InChI is InChI=1S/C17H24N4O/c1-12(2)20(3)17(22)21-10-8-13(9-11-21)16-18-14-6-4-5-7-15(14)19-16/h4-7,12-13H,8-11H2,1-3H3,(H,18,19). The predicted molar refractivity (Wildman–Crippen MR) is 87.9 cm³/mol. The molecule has 2 amide bonds. The average molecular weight is 300 g/mol. The SMILES string of the molecule is CC(C)N(C)C(=O)N1CCC(c2nc3ccccc3[nH]2)CC1. The fourth-order valence-corrected chi connectivity index (χ4v) is 2.95. The summed E-state index contributed by atoms with van der Waals surface area (Å²) in [5.74, 6) is 1.48. The van der Waals surface area contributed by atoms with Crippen molar-refractivity contribution in [2.24, 2.45) is 0 Å². The van der Waals surface area contributed by atoms with E-state index in [-0.39, 0.29) is 12.1 Å². The Hall–Kier alpha value is -2.04. The first-order valence-electron chi connectivity index (χ1n) is 8.02. The van der Waals surface area contributed by atoms with Crippen LogP contribution in [0.2, 0.25) is 0 Å². The molecule has 0 aliphatic carbocycles. The number of likely N-dealkylation sites (tertiary alicyclic amines) is 1. The molecule has 5 nitrogen and oxygen atoms in total. The molecule has 1 aromatic carbocycles. The second-order valence-corrected chi connectivity index (χ2v) is 6.39. The monoisotopic (exact) mass is 300 g/mol. The smallest absolute Gasteiger partial charge is 0.319 e. The van der Waals surface area contributed by atoms with E-state index in [0.29, 0.717) is 5.92 Å². The van der Waals surface area contributed by atoms with Crippen LogP contribution < -0.4 is 0 Å². The Bertz CT molecular complexity index is 622. The first-order valence-corrected chi connectivity index (χ1v) is 8.02. The van der Waals surface area contributed by atoms with Crippen LogP contribution in [0.1, 0.15) is 38.4 Å². The van der Waals surface area contributed by atoms with Crippen LogP contribution in [0, 0.1) is 0 Å². The number of rotatable bonds is 2. The highest BCUT2D eigenvalue weighted by Crippen LogP contribution is 2.28.